The zero-order valence-electron chi connectivity index (χ0n) is 10.9. The van der Waals surface area contributed by atoms with Gasteiger partial charge < -0.3 is 19.5 Å². The van der Waals surface area contributed by atoms with E-state index in [0.29, 0.717) is 26.2 Å². The number of rotatable bonds is 7. The first-order valence-corrected chi connectivity index (χ1v) is 6.21. The monoisotopic (exact) mass is 259 g/mol. The maximum atomic E-state index is 12.3. The maximum absolute atomic E-state index is 12.3. The highest BCUT2D eigenvalue weighted by atomic mass is 16.5. The first-order valence-electron chi connectivity index (χ1n) is 6.21. The van der Waals surface area contributed by atoms with Gasteiger partial charge in [-0.25, -0.2) is 0 Å². The van der Waals surface area contributed by atoms with Gasteiger partial charge in [-0.3, -0.25) is 9.59 Å². The van der Waals surface area contributed by atoms with Crippen LogP contribution in [0.3, 0.4) is 0 Å². The molecule has 0 aliphatic carbocycles. The van der Waals surface area contributed by atoms with Crippen molar-refractivity contribution < 1.29 is 24.2 Å². The van der Waals surface area contributed by atoms with Crippen LogP contribution in [0.4, 0.5) is 0 Å². The summed E-state index contributed by atoms with van der Waals surface area (Å²) >= 11 is 0. The molecule has 0 aromatic heterocycles. The number of carboxylic acid groups (broad SMARTS) is 1. The van der Waals surface area contributed by atoms with Crippen molar-refractivity contribution in [1.82, 2.24) is 4.90 Å². The molecule has 0 aromatic rings. The van der Waals surface area contributed by atoms with Crippen LogP contribution in [0.2, 0.25) is 0 Å². The van der Waals surface area contributed by atoms with E-state index in [9.17, 15) is 9.59 Å². The van der Waals surface area contributed by atoms with Gasteiger partial charge in [-0.1, -0.05) is 6.92 Å². The van der Waals surface area contributed by atoms with Crippen LogP contribution < -0.4 is 0 Å². The second-order valence-electron chi connectivity index (χ2n) is 4.36. The number of carbonyl (C=O) groups excluding carboxylic acids is 1. The summed E-state index contributed by atoms with van der Waals surface area (Å²) in [5, 5.41) is 8.83. The Kier molecular flexibility index (Phi) is 6.07. The maximum Gasteiger partial charge on any atom is 0.323 e. The van der Waals surface area contributed by atoms with E-state index in [2.05, 4.69) is 0 Å². The molecule has 6 heteroatoms. The number of nitrogens with zero attached hydrogens (tertiary/aromatic N) is 1. The van der Waals surface area contributed by atoms with Crippen LogP contribution in [0.25, 0.3) is 0 Å². The Morgan fingerprint density at radius 2 is 2.22 bits per heavy atom. The molecule has 0 saturated carbocycles. The Labute approximate surface area is 107 Å². The van der Waals surface area contributed by atoms with Gasteiger partial charge in [0.05, 0.1) is 18.6 Å². The fourth-order valence-electron chi connectivity index (χ4n) is 2.20. The lowest BCUT2D eigenvalue weighted by Gasteiger charge is -2.25. The molecule has 104 valence electrons. The van der Waals surface area contributed by atoms with Crippen LogP contribution in [-0.4, -0.2) is 61.4 Å². The molecule has 0 spiro atoms. The third kappa shape index (κ3) is 3.96. The highest BCUT2D eigenvalue weighted by Gasteiger charge is 2.35. The molecular formula is C12H21NO5. The average Bonchev–Trinajstić information content (AvgIpc) is 2.81. The van der Waals surface area contributed by atoms with E-state index in [1.54, 1.807) is 0 Å². The van der Waals surface area contributed by atoms with Gasteiger partial charge in [-0.05, 0) is 12.8 Å². The van der Waals surface area contributed by atoms with E-state index in [-0.39, 0.29) is 24.5 Å². The summed E-state index contributed by atoms with van der Waals surface area (Å²) in [5.41, 5.74) is 0. The van der Waals surface area contributed by atoms with Crippen LogP contribution in [-0.2, 0) is 19.1 Å². The van der Waals surface area contributed by atoms with Gasteiger partial charge in [0, 0.05) is 20.3 Å². The zero-order valence-corrected chi connectivity index (χ0v) is 10.9. The third-order valence-electron chi connectivity index (χ3n) is 3.13. The standard InChI is InChI=1S/C12H21NO5/c1-3-10-9(4-6-18-10)12(16)13(5-7-17-2)8-11(14)15/h9-10H,3-8H2,1-2H3,(H,14,15). The molecule has 1 aliphatic heterocycles. The Bertz CT molecular complexity index is 294. The van der Waals surface area contributed by atoms with Crippen molar-refractivity contribution in [3.63, 3.8) is 0 Å². The molecule has 1 N–H and O–H groups in total. The normalized spacial score (nSPS) is 23.0. The molecule has 1 saturated heterocycles. The molecule has 0 aromatic carbocycles. The highest BCUT2D eigenvalue weighted by Crippen LogP contribution is 2.25. The van der Waals surface area contributed by atoms with Crippen LogP contribution >= 0.6 is 0 Å². The van der Waals surface area contributed by atoms with Crippen molar-refractivity contribution in [2.45, 2.75) is 25.9 Å². The van der Waals surface area contributed by atoms with E-state index in [0.717, 1.165) is 6.42 Å². The zero-order chi connectivity index (χ0) is 13.5. The fourth-order valence-corrected chi connectivity index (χ4v) is 2.20. The predicted molar refractivity (Wildman–Crippen MR) is 64.2 cm³/mol. The van der Waals surface area contributed by atoms with Crippen molar-refractivity contribution >= 4 is 11.9 Å². The molecule has 6 nitrogen and oxygen atoms in total. The third-order valence-corrected chi connectivity index (χ3v) is 3.13. The molecule has 1 amide bonds. The molecule has 2 atom stereocenters. The molecule has 18 heavy (non-hydrogen) atoms. The summed E-state index contributed by atoms with van der Waals surface area (Å²) in [7, 11) is 1.52. The molecule has 2 unspecified atom stereocenters. The van der Waals surface area contributed by atoms with E-state index in [4.69, 9.17) is 14.6 Å². The van der Waals surface area contributed by atoms with Crippen LogP contribution in [0.5, 0.6) is 0 Å². The lowest BCUT2D eigenvalue weighted by atomic mass is 9.98. The smallest absolute Gasteiger partial charge is 0.323 e. The fraction of sp³-hybridized carbons (Fsp3) is 0.833. The van der Waals surface area contributed by atoms with E-state index < -0.39 is 5.97 Å². The first-order chi connectivity index (χ1) is 8.60. The Balaban J connectivity index is 2.64. The number of hydrogen-bond acceptors (Lipinski definition) is 4. The average molecular weight is 259 g/mol. The number of aliphatic carboxylic acids is 1. The Morgan fingerprint density at radius 3 is 2.78 bits per heavy atom. The largest absolute Gasteiger partial charge is 0.480 e. The quantitative estimate of drug-likeness (QED) is 0.714. The number of carboxylic acids is 1. The van der Waals surface area contributed by atoms with Gasteiger partial charge >= 0.3 is 5.97 Å². The SMILES string of the molecule is CCC1OCCC1C(=O)N(CCOC)CC(=O)O. The van der Waals surface area contributed by atoms with Crippen molar-refractivity contribution in [1.29, 1.82) is 0 Å². The lowest BCUT2D eigenvalue weighted by Crippen LogP contribution is -2.43. The number of methoxy groups -OCH3 is 1. The van der Waals surface area contributed by atoms with Crippen LogP contribution in [0.15, 0.2) is 0 Å². The minimum absolute atomic E-state index is 0.0867. The summed E-state index contributed by atoms with van der Waals surface area (Å²) in [6, 6.07) is 0. The summed E-state index contributed by atoms with van der Waals surface area (Å²) in [4.78, 5) is 24.4. The number of ether oxygens (including phenoxy) is 2. The second-order valence-corrected chi connectivity index (χ2v) is 4.36. The minimum Gasteiger partial charge on any atom is -0.480 e. The molecule has 0 bridgehead atoms. The number of carbonyl (C=O) groups is 2. The van der Waals surface area contributed by atoms with Crippen molar-refractivity contribution in [2.75, 3.05) is 33.4 Å². The molecule has 0 radical (unpaired) electrons. The molecular weight excluding hydrogens is 238 g/mol. The van der Waals surface area contributed by atoms with Crippen molar-refractivity contribution in [2.24, 2.45) is 5.92 Å². The van der Waals surface area contributed by atoms with Gasteiger partial charge in [0.15, 0.2) is 0 Å². The Hall–Kier alpha value is -1.14. The summed E-state index contributed by atoms with van der Waals surface area (Å²) in [6.45, 7) is 2.89. The molecule has 1 heterocycles. The van der Waals surface area contributed by atoms with E-state index in [1.807, 2.05) is 6.92 Å². The van der Waals surface area contributed by atoms with E-state index >= 15 is 0 Å². The number of hydrogen-bond donors (Lipinski definition) is 1. The molecule has 1 rings (SSSR count). The highest BCUT2D eigenvalue weighted by molar-refractivity contribution is 5.83. The molecule has 1 aliphatic rings. The number of amides is 1. The van der Waals surface area contributed by atoms with Gasteiger partial charge in [-0.2, -0.15) is 0 Å². The van der Waals surface area contributed by atoms with Crippen molar-refractivity contribution in [3.8, 4) is 0 Å². The summed E-state index contributed by atoms with van der Waals surface area (Å²) in [5.74, 6) is -1.36. The second kappa shape index (κ2) is 7.33. The first kappa shape index (κ1) is 14.9. The van der Waals surface area contributed by atoms with Crippen LogP contribution in [0.1, 0.15) is 19.8 Å². The van der Waals surface area contributed by atoms with Gasteiger partial charge in [-0.15, -0.1) is 0 Å². The predicted octanol–water partition coefficient (Wildman–Crippen LogP) is 0.361. The van der Waals surface area contributed by atoms with Crippen LogP contribution in [0, 0.1) is 5.92 Å². The Morgan fingerprint density at radius 1 is 1.50 bits per heavy atom. The van der Waals surface area contributed by atoms with Gasteiger partial charge in [0.25, 0.3) is 0 Å². The van der Waals surface area contributed by atoms with Gasteiger partial charge in [0.2, 0.25) is 5.91 Å². The van der Waals surface area contributed by atoms with E-state index in [1.165, 1.54) is 12.0 Å². The molecule has 1 fully saturated rings. The minimum atomic E-state index is -1.01. The summed E-state index contributed by atoms with van der Waals surface area (Å²) < 4.78 is 10.4. The topological polar surface area (TPSA) is 76.1 Å². The van der Waals surface area contributed by atoms with Crippen molar-refractivity contribution in [3.05, 3.63) is 0 Å². The lowest BCUT2D eigenvalue weighted by molar-refractivity contribution is -0.147. The van der Waals surface area contributed by atoms with Gasteiger partial charge in [0.1, 0.15) is 6.54 Å². The summed E-state index contributed by atoms with van der Waals surface area (Å²) in [6.07, 6.45) is 1.35.